The zero-order valence-electron chi connectivity index (χ0n) is 11.8. The van der Waals surface area contributed by atoms with Crippen LogP contribution in [0, 0.1) is 0 Å². The van der Waals surface area contributed by atoms with Crippen molar-refractivity contribution in [3.63, 3.8) is 0 Å². The minimum absolute atomic E-state index is 0.0273. The number of rotatable bonds is 7. The van der Waals surface area contributed by atoms with Crippen LogP contribution in [0.5, 0.6) is 0 Å². The summed E-state index contributed by atoms with van der Waals surface area (Å²) >= 11 is 0. The normalized spacial score (nSPS) is 10.7. The molecule has 0 aliphatic carbocycles. The van der Waals surface area contributed by atoms with Gasteiger partial charge in [-0.25, -0.2) is 4.79 Å². The monoisotopic (exact) mass is 290 g/mol. The standard InChI is InChI=1S/C15H18N2O4/c1-2-17-13(18)7-8-16-9-11-10-5-3-4-6-12(10)21-14(11)15(19)20/h3-6,16H,2,7-9H2,1H3,(H,17,18)(H,19,20). The lowest BCUT2D eigenvalue weighted by atomic mass is 10.1. The van der Waals surface area contributed by atoms with E-state index < -0.39 is 5.97 Å². The van der Waals surface area contributed by atoms with Gasteiger partial charge in [0.15, 0.2) is 0 Å². The molecule has 0 radical (unpaired) electrons. The summed E-state index contributed by atoms with van der Waals surface area (Å²) in [5.41, 5.74) is 1.16. The number of carboxylic acids is 1. The van der Waals surface area contributed by atoms with Gasteiger partial charge < -0.3 is 20.2 Å². The van der Waals surface area contributed by atoms with E-state index in [1.807, 2.05) is 19.1 Å². The molecule has 0 saturated carbocycles. The van der Waals surface area contributed by atoms with Crippen molar-refractivity contribution < 1.29 is 19.1 Å². The van der Waals surface area contributed by atoms with Crippen LogP contribution in [0.3, 0.4) is 0 Å². The largest absolute Gasteiger partial charge is 0.475 e. The third-order valence-corrected chi connectivity index (χ3v) is 3.10. The fourth-order valence-corrected chi connectivity index (χ4v) is 2.15. The van der Waals surface area contributed by atoms with Crippen LogP contribution in [0.4, 0.5) is 0 Å². The number of amides is 1. The second-order valence-electron chi connectivity index (χ2n) is 4.59. The molecule has 3 N–H and O–H groups in total. The molecule has 1 aromatic carbocycles. The second-order valence-corrected chi connectivity index (χ2v) is 4.59. The minimum Gasteiger partial charge on any atom is -0.475 e. The van der Waals surface area contributed by atoms with E-state index in [1.54, 1.807) is 12.1 Å². The number of carbonyl (C=O) groups excluding carboxylic acids is 1. The first-order valence-electron chi connectivity index (χ1n) is 6.84. The van der Waals surface area contributed by atoms with Gasteiger partial charge in [0.05, 0.1) is 0 Å². The first-order chi connectivity index (χ1) is 10.1. The van der Waals surface area contributed by atoms with Crippen molar-refractivity contribution in [2.24, 2.45) is 0 Å². The predicted molar refractivity (Wildman–Crippen MR) is 78.2 cm³/mol. The summed E-state index contributed by atoms with van der Waals surface area (Å²) in [6, 6.07) is 7.19. The van der Waals surface area contributed by atoms with E-state index in [4.69, 9.17) is 4.42 Å². The van der Waals surface area contributed by atoms with Gasteiger partial charge in [-0.05, 0) is 13.0 Å². The molecule has 6 nitrogen and oxygen atoms in total. The molecule has 0 spiro atoms. The molecule has 0 unspecified atom stereocenters. The Hall–Kier alpha value is -2.34. The Morgan fingerprint density at radius 3 is 2.76 bits per heavy atom. The van der Waals surface area contributed by atoms with Gasteiger partial charge in [-0.1, -0.05) is 18.2 Å². The molecule has 21 heavy (non-hydrogen) atoms. The van der Waals surface area contributed by atoms with Gasteiger partial charge in [-0.2, -0.15) is 0 Å². The zero-order valence-corrected chi connectivity index (χ0v) is 11.8. The fourth-order valence-electron chi connectivity index (χ4n) is 2.15. The summed E-state index contributed by atoms with van der Waals surface area (Å²) in [4.78, 5) is 22.6. The number of para-hydroxylation sites is 1. The predicted octanol–water partition coefficient (Wildman–Crippen LogP) is 1.75. The molecule has 2 aromatic rings. The topological polar surface area (TPSA) is 91.6 Å². The molecule has 0 aliphatic rings. The van der Waals surface area contributed by atoms with Crippen LogP contribution in [0.1, 0.15) is 29.5 Å². The lowest BCUT2D eigenvalue weighted by molar-refractivity contribution is -0.120. The van der Waals surface area contributed by atoms with E-state index in [9.17, 15) is 14.7 Å². The van der Waals surface area contributed by atoms with Crippen molar-refractivity contribution in [2.75, 3.05) is 13.1 Å². The van der Waals surface area contributed by atoms with E-state index in [2.05, 4.69) is 10.6 Å². The van der Waals surface area contributed by atoms with Crippen molar-refractivity contribution in [1.82, 2.24) is 10.6 Å². The zero-order chi connectivity index (χ0) is 15.2. The van der Waals surface area contributed by atoms with E-state index in [-0.39, 0.29) is 11.7 Å². The summed E-state index contributed by atoms with van der Waals surface area (Å²) in [5, 5.41) is 15.8. The van der Waals surface area contributed by atoms with Crippen molar-refractivity contribution in [1.29, 1.82) is 0 Å². The van der Waals surface area contributed by atoms with Crippen LogP contribution in [-0.4, -0.2) is 30.1 Å². The third kappa shape index (κ3) is 3.61. The van der Waals surface area contributed by atoms with E-state index >= 15 is 0 Å². The molecular formula is C15H18N2O4. The SMILES string of the molecule is CCNC(=O)CCNCc1c(C(=O)O)oc2ccccc12. The van der Waals surface area contributed by atoms with Gasteiger partial charge in [-0.15, -0.1) is 0 Å². The van der Waals surface area contributed by atoms with Gasteiger partial charge in [0.2, 0.25) is 11.7 Å². The lowest BCUT2D eigenvalue weighted by Gasteiger charge is -2.05. The van der Waals surface area contributed by atoms with Gasteiger partial charge in [-0.3, -0.25) is 4.79 Å². The van der Waals surface area contributed by atoms with Crippen LogP contribution < -0.4 is 10.6 Å². The first-order valence-corrected chi connectivity index (χ1v) is 6.84. The van der Waals surface area contributed by atoms with Crippen molar-refractivity contribution in [3.05, 3.63) is 35.6 Å². The average Bonchev–Trinajstić information content (AvgIpc) is 2.83. The van der Waals surface area contributed by atoms with Gasteiger partial charge in [0.1, 0.15) is 5.58 Å². The van der Waals surface area contributed by atoms with Crippen molar-refractivity contribution in [2.45, 2.75) is 19.9 Å². The number of furan rings is 1. The molecule has 1 heterocycles. The molecule has 112 valence electrons. The minimum atomic E-state index is -1.09. The van der Waals surface area contributed by atoms with Gasteiger partial charge >= 0.3 is 5.97 Å². The summed E-state index contributed by atoms with van der Waals surface area (Å²) in [7, 11) is 0. The Labute approximate surface area is 122 Å². The number of carboxylic acid groups (broad SMARTS) is 1. The van der Waals surface area contributed by atoms with Crippen LogP contribution in [0.25, 0.3) is 11.0 Å². The lowest BCUT2D eigenvalue weighted by Crippen LogP contribution is -2.27. The Morgan fingerprint density at radius 2 is 2.05 bits per heavy atom. The number of hydrogen-bond donors (Lipinski definition) is 3. The van der Waals surface area contributed by atoms with Crippen LogP contribution in [0.15, 0.2) is 28.7 Å². The number of hydrogen-bond acceptors (Lipinski definition) is 4. The van der Waals surface area contributed by atoms with E-state index in [1.165, 1.54) is 0 Å². The number of nitrogens with one attached hydrogen (secondary N) is 2. The molecule has 0 atom stereocenters. The molecular weight excluding hydrogens is 272 g/mol. The Morgan fingerprint density at radius 1 is 1.29 bits per heavy atom. The Bertz CT molecular complexity index is 648. The smallest absolute Gasteiger partial charge is 0.372 e. The molecule has 6 heteroatoms. The molecule has 1 amide bonds. The van der Waals surface area contributed by atoms with Crippen LogP contribution >= 0.6 is 0 Å². The number of fused-ring (bicyclic) bond motifs is 1. The highest BCUT2D eigenvalue weighted by Crippen LogP contribution is 2.25. The first kappa shape index (κ1) is 15.1. The van der Waals surface area contributed by atoms with Crippen LogP contribution in [-0.2, 0) is 11.3 Å². The highest BCUT2D eigenvalue weighted by Gasteiger charge is 2.19. The highest BCUT2D eigenvalue weighted by atomic mass is 16.4. The summed E-state index contributed by atoms with van der Waals surface area (Å²) in [5.74, 6) is -1.17. The number of carbonyl (C=O) groups is 2. The molecule has 2 rings (SSSR count). The van der Waals surface area contributed by atoms with E-state index in [0.29, 0.717) is 37.2 Å². The van der Waals surface area contributed by atoms with Crippen molar-refractivity contribution in [3.8, 4) is 0 Å². The second kappa shape index (κ2) is 6.90. The number of aromatic carboxylic acids is 1. The molecule has 0 saturated heterocycles. The molecule has 1 aromatic heterocycles. The Balaban J connectivity index is 2.05. The van der Waals surface area contributed by atoms with Crippen molar-refractivity contribution >= 4 is 22.8 Å². The molecule has 0 bridgehead atoms. The fraction of sp³-hybridized carbons (Fsp3) is 0.333. The quantitative estimate of drug-likeness (QED) is 0.676. The maximum atomic E-state index is 11.3. The maximum absolute atomic E-state index is 11.3. The number of benzene rings is 1. The summed E-state index contributed by atoms with van der Waals surface area (Å²) in [6.45, 7) is 3.29. The van der Waals surface area contributed by atoms with Gasteiger partial charge in [0, 0.05) is 37.0 Å². The average molecular weight is 290 g/mol. The highest BCUT2D eigenvalue weighted by molar-refractivity contribution is 5.95. The van der Waals surface area contributed by atoms with E-state index in [0.717, 1.165) is 5.39 Å². The molecule has 0 fully saturated rings. The summed E-state index contributed by atoms with van der Waals surface area (Å²) in [6.07, 6.45) is 0.353. The Kier molecular flexibility index (Phi) is 4.94. The summed E-state index contributed by atoms with van der Waals surface area (Å²) < 4.78 is 5.36. The molecule has 0 aliphatic heterocycles. The van der Waals surface area contributed by atoms with Crippen LogP contribution in [0.2, 0.25) is 0 Å². The van der Waals surface area contributed by atoms with Gasteiger partial charge in [0.25, 0.3) is 0 Å². The maximum Gasteiger partial charge on any atom is 0.372 e. The third-order valence-electron chi connectivity index (χ3n) is 3.10.